The molecule has 0 saturated heterocycles. The molecule has 0 aliphatic heterocycles. The van der Waals surface area contributed by atoms with Gasteiger partial charge in [0.25, 0.3) is 0 Å². The molecule has 0 aromatic carbocycles. The number of ketones is 1. The Morgan fingerprint density at radius 3 is 2.35 bits per heavy atom. The molecule has 4 saturated carbocycles. The van der Waals surface area contributed by atoms with Gasteiger partial charge >= 0.3 is 0 Å². The molecular formula is C21H34O2. The predicted octanol–water partition coefficient (Wildman–Crippen LogP) is 4.60. The van der Waals surface area contributed by atoms with E-state index in [1.54, 1.807) is 0 Å². The third-order valence-corrected chi connectivity index (χ3v) is 9.08. The van der Waals surface area contributed by atoms with Crippen LogP contribution in [0.1, 0.15) is 78.6 Å². The predicted molar refractivity (Wildman–Crippen MR) is 91.9 cm³/mol. The van der Waals surface area contributed by atoms with E-state index < -0.39 is 0 Å². The Bertz CT molecular complexity index is 500. The first-order valence-electron chi connectivity index (χ1n) is 10.0. The van der Waals surface area contributed by atoms with Gasteiger partial charge in [-0.3, -0.25) is 4.79 Å². The summed E-state index contributed by atoms with van der Waals surface area (Å²) in [7, 11) is 0. The standard InChI is InChI=1S/C21H34O2/c1-13(22)17-8-9-18-16-7-5-14-4-6-15(23)12-21(14,3)19(16)10-11-20(17,18)2/h14-19,23H,4-12H2,1-3H3/t14?,15-,16-,17+,18?,19?,20+,21-/m0/s1. The van der Waals surface area contributed by atoms with E-state index in [4.69, 9.17) is 0 Å². The summed E-state index contributed by atoms with van der Waals surface area (Å²) in [5, 5.41) is 10.3. The average molecular weight is 319 g/mol. The molecule has 0 spiro atoms. The van der Waals surface area contributed by atoms with Gasteiger partial charge in [-0.2, -0.15) is 0 Å². The maximum absolute atomic E-state index is 12.2. The van der Waals surface area contributed by atoms with Crippen LogP contribution >= 0.6 is 0 Å². The Morgan fingerprint density at radius 1 is 0.913 bits per heavy atom. The molecule has 4 rings (SSSR count). The number of carbonyl (C=O) groups is 1. The van der Waals surface area contributed by atoms with Gasteiger partial charge in [0.2, 0.25) is 0 Å². The van der Waals surface area contributed by atoms with Crippen LogP contribution in [0.4, 0.5) is 0 Å². The Hall–Kier alpha value is -0.370. The normalized spacial score (nSPS) is 55.7. The van der Waals surface area contributed by atoms with Gasteiger partial charge in [0.05, 0.1) is 6.10 Å². The van der Waals surface area contributed by atoms with Crippen molar-refractivity contribution in [1.29, 1.82) is 0 Å². The molecule has 0 radical (unpaired) electrons. The summed E-state index contributed by atoms with van der Waals surface area (Å²) in [6.07, 6.45) is 10.9. The molecule has 23 heavy (non-hydrogen) atoms. The molecule has 0 heterocycles. The lowest BCUT2D eigenvalue weighted by Gasteiger charge is -2.61. The molecule has 3 unspecified atom stereocenters. The smallest absolute Gasteiger partial charge is 0.133 e. The summed E-state index contributed by atoms with van der Waals surface area (Å²) in [6, 6.07) is 0. The first kappa shape index (κ1) is 16.1. The van der Waals surface area contributed by atoms with E-state index in [1.807, 2.05) is 6.92 Å². The molecule has 130 valence electrons. The van der Waals surface area contributed by atoms with Crippen LogP contribution in [0.15, 0.2) is 0 Å². The monoisotopic (exact) mass is 318 g/mol. The minimum Gasteiger partial charge on any atom is -0.393 e. The summed E-state index contributed by atoms with van der Waals surface area (Å²) in [4.78, 5) is 12.2. The Balaban J connectivity index is 1.63. The zero-order valence-electron chi connectivity index (χ0n) is 15.2. The minimum absolute atomic E-state index is 0.0724. The Labute approximate surface area is 141 Å². The summed E-state index contributed by atoms with van der Waals surface area (Å²) >= 11 is 0. The fourth-order valence-corrected chi connectivity index (χ4v) is 8.00. The van der Waals surface area contributed by atoms with E-state index in [-0.39, 0.29) is 11.5 Å². The lowest BCUT2D eigenvalue weighted by molar-refractivity contribution is -0.139. The zero-order chi connectivity index (χ0) is 16.4. The number of aliphatic hydroxyl groups is 1. The van der Waals surface area contributed by atoms with Crippen molar-refractivity contribution >= 4 is 5.78 Å². The van der Waals surface area contributed by atoms with E-state index in [1.165, 1.54) is 38.5 Å². The highest BCUT2D eigenvalue weighted by atomic mass is 16.3. The molecule has 0 aromatic heterocycles. The van der Waals surface area contributed by atoms with Crippen LogP contribution in [0.3, 0.4) is 0 Å². The average Bonchev–Trinajstić information content (AvgIpc) is 2.83. The fourth-order valence-electron chi connectivity index (χ4n) is 8.00. The highest BCUT2D eigenvalue weighted by Gasteiger charge is 2.60. The molecular weight excluding hydrogens is 284 g/mol. The molecule has 4 aliphatic carbocycles. The second-order valence-electron chi connectivity index (χ2n) is 9.88. The Morgan fingerprint density at radius 2 is 1.61 bits per heavy atom. The van der Waals surface area contributed by atoms with Gasteiger partial charge in [-0.25, -0.2) is 0 Å². The lowest BCUT2D eigenvalue weighted by atomic mass is 9.44. The second-order valence-corrected chi connectivity index (χ2v) is 9.88. The van der Waals surface area contributed by atoms with Crippen molar-refractivity contribution in [3.63, 3.8) is 0 Å². The van der Waals surface area contributed by atoms with Gasteiger partial charge < -0.3 is 5.11 Å². The van der Waals surface area contributed by atoms with Crippen molar-refractivity contribution < 1.29 is 9.90 Å². The van der Waals surface area contributed by atoms with Crippen LogP contribution in [-0.4, -0.2) is 17.0 Å². The van der Waals surface area contributed by atoms with Crippen LogP contribution in [0.25, 0.3) is 0 Å². The molecule has 4 aliphatic rings. The summed E-state index contributed by atoms with van der Waals surface area (Å²) < 4.78 is 0. The maximum Gasteiger partial charge on any atom is 0.133 e. The molecule has 1 N–H and O–H groups in total. The summed E-state index contributed by atoms with van der Waals surface area (Å²) in [6.45, 7) is 6.74. The highest BCUT2D eigenvalue weighted by Crippen LogP contribution is 2.67. The van der Waals surface area contributed by atoms with Crippen LogP contribution in [0, 0.1) is 40.4 Å². The lowest BCUT2D eigenvalue weighted by Crippen LogP contribution is -2.54. The topological polar surface area (TPSA) is 37.3 Å². The van der Waals surface area contributed by atoms with E-state index in [2.05, 4.69) is 13.8 Å². The highest BCUT2D eigenvalue weighted by molar-refractivity contribution is 5.79. The van der Waals surface area contributed by atoms with Gasteiger partial charge in [-0.15, -0.1) is 0 Å². The van der Waals surface area contributed by atoms with Crippen molar-refractivity contribution in [1.82, 2.24) is 0 Å². The largest absolute Gasteiger partial charge is 0.393 e. The minimum atomic E-state index is -0.0724. The SMILES string of the molecule is CC(=O)[C@H]1CCC2[C@@H]3CCC4CC[C@H](O)C[C@]4(C)C3CC[C@@]21C. The van der Waals surface area contributed by atoms with Crippen LogP contribution in [0.5, 0.6) is 0 Å². The quantitative estimate of drug-likeness (QED) is 0.767. The van der Waals surface area contributed by atoms with Crippen molar-refractivity contribution in [3.05, 3.63) is 0 Å². The van der Waals surface area contributed by atoms with Gasteiger partial charge in [-0.05, 0) is 99.2 Å². The second kappa shape index (κ2) is 5.31. The number of Topliss-reactive ketones (excluding diaryl/α,β-unsaturated/α-hetero) is 1. The van der Waals surface area contributed by atoms with E-state index in [0.717, 1.165) is 42.9 Å². The van der Waals surface area contributed by atoms with Gasteiger partial charge in [0, 0.05) is 5.92 Å². The maximum atomic E-state index is 12.2. The number of carbonyl (C=O) groups excluding carboxylic acids is 1. The van der Waals surface area contributed by atoms with E-state index in [0.29, 0.717) is 17.1 Å². The molecule has 0 aromatic rings. The van der Waals surface area contributed by atoms with Crippen molar-refractivity contribution in [3.8, 4) is 0 Å². The number of rotatable bonds is 1. The number of aliphatic hydroxyl groups excluding tert-OH is 1. The van der Waals surface area contributed by atoms with Crippen molar-refractivity contribution in [2.24, 2.45) is 40.4 Å². The fraction of sp³-hybridized carbons (Fsp3) is 0.952. The van der Waals surface area contributed by atoms with Crippen LogP contribution < -0.4 is 0 Å². The molecule has 2 heteroatoms. The Kier molecular flexibility index (Phi) is 3.72. The van der Waals surface area contributed by atoms with Crippen LogP contribution in [-0.2, 0) is 4.79 Å². The number of fused-ring (bicyclic) bond motifs is 5. The third kappa shape index (κ3) is 2.19. The third-order valence-electron chi connectivity index (χ3n) is 9.08. The molecule has 0 bridgehead atoms. The zero-order valence-corrected chi connectivity index (χ0v) is 15.2. The molecule has 8 atom stereocenters. The van der Waals surface area contributed by atoms with Crippen molar-refractivity contribution in [2.45, 2.75) is 84.7 Å². The van der Waals surface area contributed by atoms with Crippen molar-refractivity contribution in [2.75, 3.05) is 0 Å². The summed E-state index contributed by atoms with van der Waals surface area (Å²) in [5.41, 5.74) is 0.625. The molecule has 4 fully saturated rings. The first-order chi connectivity index (χ1) is 10.9. The number of hydrogen-bond donors (Lipinski definition) is 1. The van der Waals surface area contributed by atoms with Gasteiger partial charge in [-0.1, -0.05) is 13.8 Å². The molecule has 2 nitrogen and oxygen atoms in total. The molecule has 0 amide bonds. The van der Waals surface area contributed by atoms with Gasteiger partial charge in [0.15, 0.2) is 0 Å². The summed E-state index contributed by atoms with van der Waals surface area (Å²) in [5.74, 6) is 3.94. The van der Waals surface area contributed by atoms with E-state index >= 15 is 0 Å². The number of hydrogen-bond acceptors (Lipinski definition) is 2. The van der Waals surface area contributed by atoms with Crippen LogP contribution in [0.2, 0.25) is 0 Å². The van der Waals surface area contributed by atoms with E-state index in [9.17, 15) is 9.90 Å². The van der Waals surface area contributed by atoms with Gasteiger partial charge in [0.1, 0.15) is 5.78 Å². The first-order valence-corrected chi connectivity index (χ1v) is 10.0.